The van der Waals surface area contributed by atoms with E-state index in [0.717, 1.165) is 0 Å². The van der Waals surface area contributed by atoms with Gasteiger partial charge >= 0.3 is 0 Å². The zero-order valence-electron chi connectivity index (χ0n) is 3.48. The van der Waals surface area contributed by atoms with Crippen LogP contribution < -0.4 is 0 Å². The Kier molecular flexibility index (Phi) is 1.43. The van der Waals surface area contributed by atoms with Crippen LogP contribution in [0.1, 0.15) is 6.42 Å². The zero-order chi connectivity index (χ0) is 4.24. The van der Waals surface area contributed by atoms with Crippen LogP contribution >= 0.6 is 11.8 Å². The molecule has 0 bridgehead atoms. The van der Waals surface area contributed by atoms with Crippen LogP contribution in [0.15, 0.2) is 17.2 Å². The first-order chi connectivity index (χ1) is 3.00. The second-order valence-corrected chi connectivity index (χ2v) is 2.13. The molecule has 0 amide bonds. The fourth-order valence-electron chi connectivity index (χ4n) is 0.365. The van der Waals surface area contributed by atoms with Crippen LogP contribution in [0.2, 0.25) is 0 Å². The van der Waals surface area contributed by atoms with Crippen molar-refractivity contribution in [2.24, 2.45) is 0 Å². The normalized spacial score (nSPS) is 18.7. The lowest BCUT2D eigenvalue weighted by atomic mass is 10.5. The second kappa shape index (κ2) is 2.12. The molecule has 0 nitrogen and oxygen atoms in total. The molecule has 0 aromatic carbocycles. The maximum atomic E-state index is 3.00. The van der Waals surface area contributed by atoms with Gasteiger partial charge in [-0.15, -0.1) is 17.5 Å². The molecule has 6 heavy (non-hydrogen) atoms. The van der Waals surface area contributed by atoms with Gasteiger partial charge in [-0.3, -0.25) is 0 Å². The van der Waals surface area contributed by atoms with E-state index in [1.54, 1.807) is 0 Å². The summed E-state index contributed by atoms with van der Waals surface area (Å²) >= 11 is 1.83. The number of thioether (sulfide) groups is 1. The Balaban J connectivity index is 2.53. The van der Waals surface area contributed by atoms with Crippen molar-refractivity contribution < 1.29 is 0 Å². The lowest BCUT2D eigenvalue weighted by Gasteiger charge is -1.89. The molecule has 0 aliphatic carbocycles. The van der Waals surface area contributed by atoms with Gasteiger partial charge in [0, 0.05) is 11.2 Å². The molecular weight excluding hydrogens is 92.1 g/mol. The fraction of sp³-hybridized carbons (Fsp3) is 0.400. The molecule has 0 N–H and O–H groups in total. The minimum Gasteiger partial charge on any atom is -0.125 e. The summed E-state index contributed by atoms with van der Waals surface area (Å²) in [5.41, 5.74) is 3.00. The monoisotopic (exact) mass is 98.0 g/mol. The van der Waals surface area contributed by atoms with E-state index in [1.807, 2.05) is 17.2 Å². The molecule has 32 valence electrons. The summed E-state index contributed by atoms with van der Waals surface area (Å²) in [6, 6.07) is 0. The van der Waals surface area contributed by atoms with Gasteiger partial charge in [0.2, 0.25) is 0 Å². The van der Waals surface area contributed by atoms with E-state index in [-0.39, 0.29) is 0 Å². The van der Waals surface area contributed by atoms with Crippen LogP contribution in [-0.4, -0.2) is 5.75 Å². The molecule has 0 unspecified atom stereocenters. The minimum absolute atomic E-state index is 1.20. The van der Waals surface area contributed by atoms with E-state index in [9.17, 15) is 0 Å². The lowest BCUT2D eigenvalue weighted by molar-refractivity contribution is 1.25. The van der Waals surface area contributed by atoms with E-state index >= 15 is 0 Å². The van der Waals surface area contributed by atoms with Crippen LogP contribution in [0.4, 0.5) is 0 Å². The molecule has 0 atom stereocenters. The summed E-state index contributed by atoms with van der Waals surface area (Å²) in [7, 11) is 0. The predicted octanol–water partition coefficient (Wildman–Crippen LogP) is 1.79. The molecular formula is C5H6S. The van der Waals surface area contributed by atoms with E-state index in [2.05, 4.69) is 11.8 Å². The topological polar surface area (TPSA) is 0 Å². The second-order valence-electron chi connectivity index (χ2n) is 1.15. The highest BCUT2D eigenvalue weighted by Gasteiger charge is 1.81. The van der Waals surface area contributed by atoms with E-state index < -0.39 is 0 Å². The summed E-state index contributed by atoms with van der Waals surface area (Å²) in [6.07, 6.45) is 3.26. The van der Waals surface area contributed by atoms with E-state index in [4.69, 9.17) is 0 Å². The van der Waals surface area contributed by atoms with Crippen LogP contribution in [0.25, 0.3) is 0 Å². The van der Waals surface area contributed by atoms with Gasteiger partial charge in [0.1, 0.15) is 0 Å². The van der Waals surface area contributed by atoms with E-state index in [1.165, 1.54) is 12.2 Å². The van der Waals surface area contributed by atoms with E-state index in [0.29, 0.717) is 0 Å². The highest BCUT2D eigenvalue weighted by Crippen LogP contribution is 2.06. The molecule has 1 heterocycles. The third-order valence-corrected chi connectivity index (χ3v) is 1.42. The van der Waals surface area contributed by atoms with Gasteiger partial charge < -0.3 is 0 Å². The third-order valence-electron chi connectivity index (χ3n) is 0.649. The largest absolute Gasteiger partial charge is 0.125 e. The molecule has 0 radical (unpaired) electrons. The van der Waals surface area contributed by atoms with Gasteiger partial charge in [0.15, 0.2) is 0 Å². The smallest absolute Gasteiger partial charge is 0.0125 e. The highest BCUT2D eigenvalue weighted by atomic mass is 32.2. The quantitative estimate of drug-likeness (QED) is 0.416. The van der Waals surface area contributed by atoms with Crippen LogP contribution in [0.5, 0.6) is 0 Å². The Bertz CT molecular complexity index is 80.1. The Hall–Kier alpha value is -0.130. The maximum absolute atomic E-state index is 3.00. The Morgan fingerprint density at radius 1 is 1.67 bits per heavy atom. The summed E-state index contributed by atoms with van der Waals surface area (Å²) in [5.74, 6) is 1.24. The van der Waals surface area contributed by atoms with Gasteiger partial charge in [-0.05, 0) is 12.5 Å². The Labute approximate surface area is 41.9 Å². The predicted molar refractivity (Wildman–Crippen MR) is 29.7 cm³/mol. The SMILES string of the molecule is C1=CCCSC=1. The number of allylic oxidation sites excluding steroid dienone is 1. The van der Waals surface area contributed by atoms with Crippen molar-refractivity contribution in [2.45, 2.75) is 6.42 Å². The van der Waals surface area contributed by atoms with Gasteiger partial charge in [-0.1, -0.05) is 0 Å². The van der Waals surface area contributed by atoms with Crippen molar-refractivity contribution in [3.8, 4) is 0 Å². The molecule has 0 aromatic heterocycles. The molecule has 0 saturated carbocycles. The van der Waals surface area contributed by atoms with Crippen molar-refractivity contribution in [3.05, 3.63) is 17.2 Å². The Morgan fingerprint density at radius 2 is 2.67 bits per heavy atom. The standard InChI is InChI=1S/C5H6S/c1-2-4-6-5-3-1/h1,5H,2,4H2. The first kappa shape index (κ1) is 4.04. The first-order valence-corrected chi connectivity index (χ1v) is 3.06. The average Bonchev–Trinajstić information content (AvgIpc) is 1.72. The summed E-state index contributed by atoms with van der Waals surface area (Å²) < 4.78 is 0. The average molecular weight is 98.2 g/mol. The molecule has 1 rings (SSSR count). The fourth-order valence-corrected chi connectivity index (χ4v) is 0.930. The van der Waals surface area contributed by atoms with Crippen LogP contribution in [0.3, 0.4) is 0 Å². The van der Waals surface area contributed by atoms with Gasteiger partial charge in [-0.2, -0.15) is 0 Å². The van der Waals surface area contributed by atoms with Crippen molar-refractivity contribution >= 4 is 11.8 Å². The molecule has 0 aromatic rings. The zero-order valence-corrected chi connectivity index (χ0v) is 4.29. The molecule has 1 heteroatoms. The lowest BCUT2D eigenvalue weighted by Crippen LogP contribution is -1.71. The molecule has 1 aliphatic heterocycles. The number of hydrogen-bond acceptors (Lipinski definition) is 1. The Morgan fingerprint density at radius 3 is 2.83 bits per heavy atom. The summed E-state index contributed by atoms with van der Waals surface area (Å²) in [4.78, 5) is 0. The number of hydrogen-bond donors (Lipinski definition) is 0. The van der Waals surface area contributed by atoms with Gasteiger partial charge in [0.05, 0.1) is 0 Å². The molecule has 1 aliphatic rings. The molecule has 0 fully saturated rings. The van der Waals surface area contributed by atoms with Crippen molar-refractivity contribution in [2.75, 3.05) is 5.75 Å². The van der Waals surface area contributed by atoms with Crippen molar-refractivity contribution in [1.29, 1.82) is 0 Å². The van der Waals surface area contributed by atoms with Crippen LogP contribution in [-0.2, 0) is 0 Å². The third kappa shape index (κ3) is 0.925. The summed E-state index contributed by atoms with van der Waals surface area (Å²) in [6.45, 7) is 0. The maximum Gasteiger partial charge on any atom is 0.0125 e. The van der Waals surface area contributed by atoms with Gasteiger partial charge in [-0.25, -0.2) is 0 Å². The highest BCUT2D eigenvalue weighted by molar-refractivity contribution is 8.02. The molecule has 0 spiro atoms. The number of rotatable bonds is 0. The minimum atomic E-state index is 1.20. The van der Waals surface area contributed by atoms with Crippen molar-refractivity contribution in [1.82, 2.24) is 0 Å². The molecule has 0 saturated heterocycles. The van der Waals surface area contributed by atoms with Crippen LogP contribution in [0, 0.1) is 0 Å². The first-order valence-electron chi connectivity index (χ1n) is 2.01. The van der Waals surface area contributed by atoms with Crippen molar-refractivity contribution in [3.63, 3.8) is 0 Å². The van der Waals surface area contributed by atoms with Gasteiger partial charge in [0.25, 0.3) is 0 Å². The summed E-state index contributed by atoms with van der Waals surface area (Å²) in [5, 5.41) is 2.00.